The van der Waals surface area contributed by atoms with Crippen LogP contribution in [0.25, 0.3) is 0 Å². The minimum Gasteiger partial charge on any atom is -0.337 e. The first-order valence-corrected chi connectivity index (χ1v) is 5.28. The molecule has 1 aromatic rings. The summed E-state index contributed by atoms with van der Waals surface area (Å²) in [6, 6.07) is 2.03. The smallest absolute Gasteiger partial charge is 0.254 e. The molecule has 1 unspecified atom stereocenters. The third-order valence-electron chi connectivity index (χ3n) is 2.28. The van der Waals surface area contributed by atoms with E-state index in [2.05, 4.69) is 0 Å². The van der Waals surface area contributed by atoms with Crippen molar-refractivity contribution in [1.82, 2.24) is 4.90 Å². The summed E-state index contributed by atoms with van der Waals surface area (Å²) in [5, 5.41) is 3.80. The van der Waals surface area contributed by atoms with Gasteiger partial charge in [-0.05, 0) is 17.9 Å². The van der Waals surface area contributed by atoms with Crippen molar-refractivity contribution in [2.24, 2.45) is 5.73 Å². The molecule has 0 radical (unpaired) electrons. The molecule has 1 fully saturated rings. The summed E-state index contributed by atoms with van der Waals surface area (Å²) >= 11 is 1.55. The van der Waals surface area contributed by atoms with Crippen LogP contribution in [0.1, 0.15) is 16.8 Å². The van der Waals surface area contributed by atoms with Gasteiger partial charge in [0.05, 0.1) is 5.56 Å². The van der Waals surface area contributed by atoms with Crippen molar-refractivity contribution in [2.75, 3.05) is 13.1 Å². The summed E-state index contributed by atoms with van der Waals surface area (Å²) in [6.07, 6.45) is 0.926. The highest BCUT2D eigenvalue weighted by Crippen LogP contribution is 2.14. The number of hydrogen-bond donors (Lipinski definition) is 1. The lowest BCUT2D eigenvalue weighted by Gasteiger charge is -2.14. The SMILES string of the molecule is NC1CCN(C(=O)c2ccsc2)C1. The fourth-order valence-corrected chi connectivity index (χ4v) is 2.17. The molecule has 3 nitrogen and oxygen atoms in total. The van der Waals surface area contributed by atoms with Crippen LogP contribution < -0.4 is 5.73 Å². The van der Waals surface area contributed by atoms with E-state index in [1.54, 1.807) is 11.3 Å². The number of carbonyl (C=O) groups excluding carboxylic acids is 1. The number of amides is 1. The standard InChI is InChI=1S/C9H12N2OS/c10-8-1-3-11(5-8)9(12)7-2-4-13-6-7/h2,4,6,8H,1,3,5,10H2. The van der Waals surface area contributed by atoms with Gasteiger partial charge in [0.15, 0.2) is 0 Å². The minimum absolute atomic E-state index is 0.120. The maximum atomic E-state index is 11.7. The van der Waals surface area contributed by atoms with Crippen LogP contribution in [0.3, 0.4) is 0 Å². The van der Waals surface area contributed by atoms with Gasteiger partial charge >= 0.3 is 0 Å². The van der Waals surface area contributed by atoms with E-state index in [9.17, 15) is 4.79 Å². The lowest BCUT2D eigenvalue weighted by molar-refractivity contribution is 0.0791. The Kier molecular flexibility index (Phi) is 2.33. The lowest BCUT2D eigenvalue weighted by Crippen LogP contribution is -2.31. The molecule has 1 aliphatic heterocycles. The van der Waals surface area contributed by atoms with Gasteiger partial charge in [-0.25, -0.2) is 0 Å². The Bertz CT molecular complexity index is 297. The van der Waals surface area contributed by atoms with E-state index in [0.717, 1.165) is 18.5 Å². The van der Waals surface area contributed by atoms with E-state index in [1.807, 2.05) is 21.7 Å². The van der Waals surface area contributed by atoms with E-state index in [4.69, 9.17) is 5.73 Å². The number of likely N-dealkylation sites (tertiary alicyclic amines) is 1. The zero-order valence-electron chi connectivity index (χ0n) is 7.27. The monoisotopic (exact) mass is 196 g/mol. The highest BCUT2D eigenvalue weighted by atomic mass is 32.1. The molecule has 4 heteroatoms. The van der Waals surface area contributed by atoms with E-state index in [1.165, 1.54) is 0 Å². The van der Waals surface area contributed by atoms with Crippen LogP contribution in [0.15, 0.2) is 16.8 Å². The Morgan fingerprint density at radius 3 is 3.08 bits per heavy atom. The first-order valence-electron chi connectivity index (χ1n) is 4.34. The topological polar surface area (TPSA) is 46.3 Å². The van der Waals surface area contributed by atoms with Gasteiger partial charge < -0.3 is 10.6 Å². The summed E-state index contributed by atoms with van der Waals surface area (Å²) in [5.41, 5.74) is 6.52. The first-order chi connectivity index (χ1) is 6.27. The molecule has 2 rings (SSSR count). The lowest BCUT2D eigenvalue weighted by atomic mass is 10.3. The molecule has 2 N–H and O–H groups in total. The molecule has 1 atom stereocenters. The molecule has 13 heavy (non-hydrogen) atoms. The molecular weight excluding hydrogens is 184 g/mol. The van der Waals surface area contributed by atoms with Crippen molar-refractivity contribution >= 4 is 17.2 Å². The van der Waals surface area contributed by atoms with E-state index < -0.39 is 0 Å². The number of carbonyl (C=O) groups is 1. The third kappa shape index (κ3) is 1.73. The summed E-state index contributed by atoms with van der Waals surface area (Å²) in [6.45, 7) is 1.50. The maximum absolute atomic E-state index is 11.7. The van der Waals surface area contributed by atoms with E-state index in [-0.39, 0.29) is 11.9 Å². The molecule has 1 saturated heterocycles. The van der Waals surface area contributed by atoms with Gasteiger partial charge in [-0.2, -0.15) is 11.3 Å². The molecule has 0 aromatic carbocycles. The van der Waals surface area contributed by atoms with Crippen LogP contribution in [-0.2, 0) is 0 Å². The number of rotatable bonds is 1. The van der Waals surface area contributed by atoms with Crippen LogP contribution in [0.4, 0.5) is 0 Å². The molecule has 0 aliphatic carbocycles. The maximum Gasteiger partial charge on any atom is 0.254 e. The van der Waals surface area contributed by atoms with Gasteiger partial charge in [-0.1, -0.05) is 0 Å². The van der Waals surface area contributed by atoms with Crippen LogP contribution in [-0.4, -0.2) is 29.9 Å². The summed E-state index contributed by atoms with van der Waals surface area (Å²) in [7, 11) is 0. The van der Waals surface area contributed by atoms with Crippen LogP contribution in [0.5, 0.6) is 0 Å². The van der Waals surface area contributed by atoms with Crippen LogP contribution in [0.2, 0.25) is 0 Å². The molecule has 1 aliphatic rings. The molecule has 70 valence electrons. The first kappa shape index (κ1) is 8.72. The molecule has 1 aromatic heterocycles. The Labute approximate surface area is 81.2 Å². The third-order valence-corrected chi connectivity index (χ3v) is 2.96. The van der Waals surface area contributed by atoms with Crippen molar-refractivity contribution in [1.29, 1.82) is 0 Å². The molecule has 0 spiro atoms. The van der Waals surface area contributed by atoms with Crippen LogP contribution in [0, 0.1) is 0 Å². The molecule has 1 amide bonds. The van der Waals surface area contributed by atoms with Crippen molar-refractivity contribution in [3.05, 3.63) is 22.4 Å². The van der Waals surface area contributed by atoms with Gasteiger partial charge in [0, 0.05) is 24.5 Å². The predicted molar refractivity (Wildman–Crippen MR) is 52.8 cm³/mol. The predicted octanol–water partition coefficient (Wildman–Crippen LogP) is 0.921. The summed E-state index contributed by atoms with van der Waals surface area (Å²) in [5.74, 6) is 0.120. The molecule has 2 heterocycles. The van der Waals surface area contributed by atoms with Gasteiger partial charge in [0.2, 0.25) is 0 Å². The van der Waals surface area contributed by atoms with Gasteiger partial charge in [-0.3, -0.25) is 4.79 Å². The molecule has 0 bridgehead atoms. The zero-order valence-corrected chi connectivity index (χ0v) is 8.09. The van der Waals surface area contributed by atoms with Crippen molar-refractivity contribution in [2.45, 2.75) is 12.5 Å². The highest BCUT2D eigenvalue weighted by Gasteiger charge is 2.24. The number of hydrogen-bond acceptors (Lipinski definition) is 3. The minimum atomic E-state index is 0.120. The number of nitrogens with zero attached hydrogens (tertiary/aromatic N) is 1. The fraction of sp³-hybridized carbons (Fsp3) is 0.444. The van der Waals surface area contributed by atoms with Crippen molar-refractivity contribution < 1.29 is 4.79 Å². The Balaban J connectivity index is 2.06. The van der Waals surface area contributed by atoms with E-state index in [0.29, 0.717) is 6.54 Å². The Morgan fingerprint density at radius 1 is 1.69 bits per heavy atom. The van der Waals surface area contributed by atoms with Gasteiger partial charge in [0.1, 0.15) is 0 Å². The fourth-order valence-electron chi connectivity index (χ4n) is 1.54. The normalized spacial score (nSPS) is 22.2. The summed E-state index contributed by atoms with van der Waals surface area (Å²) < 4.78 is 0. The number of thiophene rings is 1. The quantitative estimate of drug-likeness (QED) is 0.726. The summed E-state index contributed by atoms with van der Waals surface area (Å²) in [4.78, 5) is 13.6. The van der Waals surface area contributed by atoms with Gasteiger partial charge in [0.25, 0.3) is 5.91 Å². The zero-order chi connectivity index (χ0) is 9.26. The van der Waals surface area contributed by atoms with Gasteiger partial charge in [-0.15, -0.1) is 0 Å². The number of nitrogens with two attached hydrogens (primary N) is 1. The average Bonchev–Trinajstić information content (AvgIpc) is 2.72. The van der Waals surface area contributed by atoms with Crippen molar-refractivity contribution in [3.63, 3.8) is 0 Å². The largest absolute Gasteiger partial charge is 0.337 e. The molecule has 0 saturated carbocycles. The second-order valence-electron chi connectivity index (χ2n) is 3.31. The molecular formula is C9H12N2OS. The van der Waals surface area contributed by atoms with Crippen molar-refractivity contribution in [3.8, 4) is 0 Å². The Morgan fingerprint density at radius 2 is 2.54 bits per heavy atom. The van der Waals surface area contributed by atoms with E-state index >= 15 is 0 Å². The van der Waals surface area contributed by atoms with Crippen LogP contribution >= 0.6 is 11.3 Å². The second kappa shape index (κ2) is 3.47. The second-order valence-corrected chi connectivity index (χ2v) is 4.09. The Hall–Kier alpha value is -0.870. The average molecular weight is 196 g/mol. The highest BCUT2D eigenvalue weighted by molar-refractivity contribution is 7.08.